The Morgan fingerprint density at radius 2 is 1.32 bits per heavy atom. The van der Waals surface area contributed by atoms with E-state index in [9.17, 15) is 8.42 Å². The largest absolute Gasteiger partial charge is 0.369 e. The van der Waals surface area contributed by atoms with Gasteiger partial charge in [0.05, 0.1) is 4.90 Å². The summed E-state index contributed by atoms with van der Waals surface area (Å²) >= 11 is 0. The smallest absolute Gasteiger partial charge is 0.285 e. The van der Waals surface area contributed by atoms with Crippen LogP contribution in [0.25, 0.3) is 16.8 Å². The molecule has 0 fully saturated rings. The van der Waals surface area contributed by atoms with Crippen molar-refractivity contribution in [1.29, 1.82) is 0 Å². The van der Waals surface area contributed by atoms with E-state index in [0.717, 1.165) is 28.2 Å². The van der Waals surface area contributed by atoms with Gasteiger partial charge in [-0.3, -0.25) is 0 Å². The highest BCUT2D eigenvalue weighted by Gasteiger charge is 2.26. The molecule has 1 aromatic heterocycles. The average Bonchev–Trinajstić information content (AvgIpc) is 2.72. The first-order chi connectivity index (χ1) is 14.6. The molecule has 3 aromatic rings. The van der Waals surface area contributed by atoms with Gasteiger partial charge in [0.2, 0.25) is 11.6 Å². The van der Waals surface area contributed by atoms with Crippen LogP contribution in [0.15, 0.2) is 76.0 Å². The summed E-state index contributed by atoms with van der Waals surface area (Å²) in [5.74, 6) is 0.0246. The molecule has 7 heteroatoms. The second-order valence-corrected chi connectivity index (χ2v) is 9.69. The molecule has 0 amide bonds. The van der Waals surface area contributed by atoms with Gasteiger partial charge < -0.3 is 11.5 Å². The number of nitrogens with zero attached hydrogens (tertiary/aromatic N) is 2. The molecule has 0 atom stereocenters. The lowest BCUT2D eigenvalue weighted by molar-refractivity contribution is -0.615. The van der Waals surface area contributed by atoms with Crippen molar-refractivity contribution in [3.63, 3.8) is 0 Å². The predicted octanol–water partition coefficient (Wildman–Crippen LogP) is 3.84. The highest BCUT2D eigenvalue weighted by Crippen LogP contribution is 2.27. The van der Waals surface area contributed by atoms with E-state index < -0.39 is 16.0 Å². The fourth-order valence-electron chi connectivity index (χ4n) is 3.54. The first kappa shape index (κ1) is 22.5. The third kappa shape index (κ3) is 4.94. The van der Waals surface area contributed by atoms with Crippen LogP contribution < -0.4 is 16.0 Å². The lowest BCUT2D eigenvalue weighted by Gasteiger charge is -2.15. The van der Waals surface area contributed by atoms with E-state index in [-0.39, 0.29) is 16.7 Å². The van der Waals surface area contributed by atoms with Crippen LogP contribution in [0, 0.1) is 0 Å². The van der Waals surface area contributed by atoms with E-state index in [2.05, 4.69) is 60.9 Å². The molecule has 0 aliphatic carbocycles. The number of aromatic nitrogens is 1. The Hall–Kier alpha value is -3.19. The van der Waals surface area contributed by atoms with Crippen molar-refractivity contribution in [3.8, 4) is 16.8 Å². The Morgan fingerprint density at radius 1 is 0.806 bits per heavy atom. The maximum absolute atomic E-state index is 12.3. The molecule has 0 aliphatic heterocycles. The van der Waals surface area contributed by atoms with Gasteiger partial charge in [-0.05, 0) is 23.3 Å². The van der Waals surface area contributed by atoms with Gasteiger partial charge >= 0.3 is 0 Å². The number of pyridine rings is 1. The number of benzene rings is 2. The molecule has 1 heterocycles. The monoisotopic (exact) mass is 437 g/mol. The number of guanidine groups is 1. The summed E-state index contributed by atoms with van der Waals surface area (Å²) < 4.78 is 30.1. The predicted molar refractivity (Wildman–Crippen MR) is 125 cm³/mol. The summed E-state index contributed by atoms with van der Waals surface area (Å²) in [6, 6.07) is 21.3. The van der Waals surface area contributed by atoms with Crippen molar-refractivity contribution in [1.82, 2.24) is 0 Å². The Morgan fingerprint density at radius 3 is 1.77 bits per heavy atom. The number of sulfonamides is 1. The van der Waals surface area contributed by atoms with E-state index in [1.165, 1.54) is 12.1 Å². The summed E-state index contributed by atoms with van der Waals surface area (Å²) in [5, 5.41) is 0. The van der Waals surface area contributed by atoms with Gasteiger partial charge in [-0.1, -0.05) is 58.0 Å². The first-order valence-electron chi connectivity index (χ1n) is 10.2. The zero-order valence-corrected chi connectivity index (χ0v) is 19.1. The maximum Gasteiger partial charge on any atom is 0.285 e. The normalized spacial score (nSPS) is 11.7. The Bertz CT molecular complexity index is 1170. The fraction of sp³-hybridized carbons (Fsp3) is 0.250. The minimum absolute atomic E-state index is 0.0448. The van der Waals surface area contributed by atoms with E-state index >= 15 is 0 Å². The zero-order valence-electron chi connectivity index (χ0n) is 18.3. The van der Waals surface area contributed by atoms with Gasteiger partial charge in [-0.25, -0.2) is 0 Å². The van der Waals surface area contributed by atoms with Gasteiger partial charge in [-0.2, -0.15) is 13.0 Å². The van der Waals surface area contributed by atoms with Crippen LogP contribution in [0.2, 0.25) is 0 Å². The lowest BCUT2D eigenvalue weighted by atomic mass is 9.96. The van der Waals surface area contributed by atoms with Crippen LogP contribution >= 0.6 is 0 Å². The van der Waals surface area contributed by atoms with Crippen LogP contribution in [0.5, 0.6) is 0 Å². The van der Waals surface area contributed by atoms with Crippen LogP contribution in [0.4, 0.5) is 0 Å². The molecule has 162 valence electrons. The molecule has 2 aromatic carbocycles. The molecule has 0 spiro atoms. The lowest BCUT2D eigenvalue weighted by Crippen LogP contribution is -2.41. The number of nitrogens with two attached hydrogens (primary N) is 2. The highest BCUT2D eigenvalue weighted by atomic mass is 32.2. The molecule has 0 unspecified atom stereocenters. The number of hydrogen-bond acceptors (Lipinski definition) is 2. The molecule has 0 saturated heterocycles. The quantitative estimate of drug-likeness (QED) is 0.347. The van der Waals surface area contributed by atoms with Crippen molar-refractivity contribution in [2.75, 3.05) is 0 Å². The standard InChI is InChI=1S/C24H29N4O2S/c1-16(2)22-14-19(18-8-6-5-7-9-18)15-23(17(3)4)28(22)20-10-12-21(13-11-20)31(29,30)27-24(25)26/h5-17H,1-4H3,(H4,25,26,27)/q+1. The van der Waals surface area contributed by atoms with E-state index in [1.54, 1.807) is 12.1 Å². The van der Waals surface area contributed by atoms with Crippen molar-refractivity contribution in [2.45, 2.75) is 44.4 Å². The topological polar surface area (TPSA) is 102 Å². The van der Waals surface area contributed by atoms with Crippen LogP contribution in [0.1, 0.15) is 50.9 Å². The van der Waals surface area contributed by atoms with Gasteiger partial charge in [0, 0.05) is 36.1 Å². The molecule has 0 aliphatic rings. The minimum Gasteiger partial charge on any atom is -0.369 e. The van der Waals surface area contributed by atoms with Crippen LogP contribution in [0.3, 0.4) is 0 Å². The average molecular weight is 438 g/mol. The van der Waals surface area contributed by atoms with Gasteiger partial charge in [0.1, 0.15) is 0 Å². The highest BCUT2D eigenvalue weighted by molar-refractivity contribution is 7.90. The van der Waals surface area contributed by atoms with E-state index in [1.807, 2.05) is 18.2 Å². The Balaban J connectivity index is 2.19. The molecule has 0 bridgehead atoms. The van der Waals surface area contributed by atoms with Crippen LogP contribution in [-0.4, -0.2) is 14.4 Å². The van der Waals surface area contributed by atoms with Gasteiger partial charge in [0.25, 0.3) is 10.0 Å². The maximum atomic E-state index is 12.3. The molecule has 0 saturated carbocycles. The molecule has 0 radical (unpaired) electrons. The van der Waals surface area contributed by atoms with E-state index in [4.69, 9.17) is 11.5 Å². The minimum atomic E-state index is -3.93. The summed E-state index contributed by atoms with van der Waals surface area (Å²) in [6.07, 6.45) is 0. The van der Waals surface area contributed by atoms with Crippen molar-refractivity contribution >= 4 is 16.0 Å². The second kappa shape index (κ2) is 8.89. The van der Waals surface area contributed by atoms with Crippen molar-refractivity contribution in [2.24, 2.45) is 15.9 Å². The Labute approximate surface area is 184 Å². The summed E-state index contributed by atoms with van der Waals surface area (Å²) in [5.41, 5.74) is 16.0. The van der Waals surface area contributed by atoms with Crippen LogP contribution in [-0.2, 0) is 10.0 Å². The first-order valence-corrected chi connectivity index (χ1v) is 11.7. The molecule has 6 nitrogen and oxygen atoms in total. The number of rotatable bonds is 6. The summed E-state index contributed by atoms with van der Waals surface area (Å²) in [7, 11) is -3.93. The van der Waals surface area contributed by atoms with Crippen molar-refractivity contribution < 1.29 is 13.0 Å². The summed E-state index contributed by atoms with van der Waals surface area (Å²) in [6.45, 7) is 8.62. The number of hydrogen-bond donors (Lipinski definition) is 2. The molecular formula is C24H29N4O2S+. The third-order valence-electron chi connectivity index (χ3n) is 5.03. The Kier molecular flexibility index (Phi) is 6.45. The van der Waals surface area contributed by atoms with Crippen molar-refractivity contribution in [3.05, 3.63) is 78.1 Å². The molecule has 4 N–H and O–H groups in total. The SMILES string of the molecule is CC(C)c1cc(-c2ccccc2)cc(C(C)C)[n+]1-c1ccc(S(=O)(=O)N=C(N)N)cc1. The third-order valence-corrected chi connectivity index (χ3v) is 6.35. The van der Waals surface area contributed by atoms with Gasteiger partial charge in [0.15, 0.2) is 11.4 Å². The summed E-state index contributed by atoms with van der Waals surface area (Å²) in [4.78, 5) is 0.0448. The molecule has 31 heavy (non-hydrogen) atoms. The zero-order chi connectivity index (χ0) is 22.8. The fourth-order valence-corrected chi connectivity index (χ4v) is 4.41. The second-order valence-electron chi connectivity index (χ2n) is 8.09. The molecular weight excluding hydrogens is 408 g/mol. The van der Waals surface area contributed by atoms with E-state index in [0.29, 0.717) is 0 Å². The molecule has 3 rings (SSSR count). The van der Waals surface area contributed by atoms with Gasteiger partial charge in [-0.15, -0.1) is 4.40 Å².